The van der Waals surface area contributed by atoms with Crippen molar-refractivity contribution in [3.63, 3.8) is 0 Å². The number of aliphatic hydroxyl groups excluding tert-OH is 1. The lowest BCUT2D eigenvalue weighted by Gasteiger charge is -2.26. The molecule has 0 spiro atoms. The van der Waals surface area contributed by atoms with Crippen LogP contribution in [0.15, 0.2) is 58.1 Å². The van der Waals surface area contributed by atoms with Gasteiger partial charge in [-0.25, -0.2) is 0 Å². The minimum Gasteiger partial charge on any atom is -0.505 e. The molecular weight excluding hydrogens is 462 g/mol. The first-order valence-electron chi connectivity index (χ1n) is 11.7. The summed E-state index contributed by atoms with van der Waals surface area (Å²) >= 11 is 0. The summed E-state index contributed by atoms with van der Waals surface area (Å²) in [6.45, 7) is 3.41. The maximum Gasteiger partial charge on any atom is 0.257 e. The molecule has 2 atom stereocenters. The number of anilines is 3. The molecule has 3 aromatic carbocycles. The number of phenols is 1. The first-order chi connectivity index (χ1) is 17.1. The molecule has 0 unspecified atom stereocenters. The van der Waals surface area contributed by atoms with Crippen LogP contribution in [-0.2, 0) is 4.79 Å². The zero-order chi connectivity index (χ0) is 26.6. The van der Waals surface area contributed by atoms with Crippen molar-refractivity contribution in [2.45, 2.75) is 32.2 Å². The second kappa shape index (κ2) is 11.2. The van der Waals surface area contributed by atoms with Gasteiger partial charge < -0.3 is 25.7 Å². The van der Waals surface area contributed by atoms with E-state index in [1.807, 2.05) is 44.2 Å². The maximum absolute atomic E-state index is 13.2. The summed E-state index contributed by atoms with van der Waals surface area (Å²) in [6, 6.07) is 12.9. The average molecular weight is 494 g/mol. The Balaban J connectivity index is 1.84. The van der Waals surface area contributed by atoms with Crippen molar-refractivity contribution in [2.24, 2.45) is 5.92 Å². The number of carbonyl (C=O) groups excluding carboxylic acids is 2. The van der Waals surface area contributed by atoms with E-state index in [9.17, 15) is 29.4 Å². The minimum absolute atomic E-state index is 0.0319. The van der Waals surface area contributed by atoms with E-state index in [4.69, 9.17) is 0 Å². The van der Waals surface area contributed by atoms with Crippen LogP contribution in [0, 0.1) is 5.92 Å². The first kappa shape index (κ1) is 26.6. The van der Waals surface area contributed by atoms with Crippen LogP contribution in [0.5, 0.6) is 5.75 Å². The van der Waals surface area contributed by atoms with Gasteiger partial charge in [-0.15, -0.1) is 0 Å². The fraction of sp³-hybridized carbons (Fsp3) is 0.333. The summed E-state index contributed by atoms with van der Waals surface area (Å²) in [5.41, 5.74) is -0.790. The fourth-order valence-corrected chi connectivity index (χ4v) is 4.00. The number of nitrogens with zero attached hydrogens (tertiary/aromatic N) is 1. The average Bonchev–Trinajstić information content (AvgIpc) is 2.87. The fourth-order valence-electron chi connectivity index (χ4n) is 4.00. The van der Waals surface area contributed by atoms with Crippen LogP contribution >= 0.6 is 0 Å². The van der Waals surface area contributed by atoms with Crippen LogP contribution in [-0.4, -0.2) is 53.5 Å². The topological polar surface area (TPSA) is 136 Å². The Morgan fingerprint density at radius 2 is 1.58 bits per heavy atom. The molecule has 190 valence electrons. The predicted molar refractivity (Wildman–Crippen MR) is 139 cm³/mol. The number of aliphatic hydroxyl groups is 1. The molecule has 3 aromatic rings. The van der Waals surface area contributed by atoms with E-state index in [0.717, 1.165) is 5.56 Å². The van der Waals surface area contributed by atoms with Crippen LogP contribution in [0.3, 0.4) is 0 Å². The highest BCUT2D eigenvalue weighted by molar-refractivity contribution is 5.99. The molecule has 36 heavy (non-hydrogen) atoms. The number of aromatic hydroxyl groups is 1. The lowest BCUT2D eigenvalue weighted by Crippen LogP contribution is -2.43. The summed E-state index contributed by atoms with van der Waals surface area (Å²) in [5, 5.41) is 26.1. The Labute approximate surface area is 209 Å². The summed E-state index contributed by atoms with van der Waals surface area (Å²) < 4.78 is 0. The smallest absolute Gasteiger partial charge is 0.257 e. The van der Waals surface area contributed by atoms with Crippen LogP contribution in [0.4, 0.5) is 17.1 Å². The van der Waals surface area contributed by atoms with Crippen molar-refractivity contribution in [2.75, 3.05) is 31.3 Å². The number of benzene rings is 2. The second-order valence-electron chi connectivity index (χ2n) is 9.26. The number of hydrogen-bond acceptors (Lipinski definition) is 8. The van der Waals surface area contributed by atoms with E-state index in [-0.39, 0.29) is 53.1 Å². The largest absolute Gasteiger partial charge is 0.505 e. The van der Waals surface area contributed by atoms with Gasteiger partial charge >= 0.3 is 0 Å². The minimum atomic E-state index is -0.797. The van der Waals surface area contributed by atoms with Gasteiger partial charge in [0, 0.05) is 26.4 Å². The van der Waals surface area contributed by atoms with Gasteiger partial charge in [0.05, 0.1) is 23.9 Å². The Hall–Kier alpha value is -3.98. The maximum atomic E-state index is 13.2. The molecule has 9 heteroatoms. The predicted octanol–water partition coefficient (Wildman–Crippen LogP) is 2.61. The van der Waals surface area contributed by atoms with E-state index in [2.05, 4.69) is 10.6 Å². The molecule has 3 rings (SSSR count). The van der Waals surface area contributed by atoms with Gasteiger partial charge in [0.2, 0.25) is 0 Å². The van der Waals surface area contributed by atoms with E-state index in [1.165, 1.54) is 23.1 Å². The van der Waals surface area contributed by atoms with E-state index in [1.54, 1.807) is 14.1 Å². The monoisotopic (exact) mass is 493 g/mol. The van der Waals surface area contributed by atoms with Crippen LogP contribution < -0.4 is 21.5 Å². The number of amides is 1. The Morgan fingerprint density at radius 3 is 2.17 bits per heavy atom. The number of Topliss-reactive ketones (excluding diaryl/α,β-unsaturated/α-hetero) is 1. The molecule has 9 nitrogen and oxygen atoms in total. The molecule has 0 bridgehead atoms. The van der Waals surface area contributed by atoms with Crippen molar-refractivity contribution >= 4 is 28.8 Å². The van der Waals surface area contributed by atoms with E-state index >= 15 is 0 Å². The van der Waals surface area contributed by atoms with Crippen LogP contribution in [0.1, 0.15) is 42.1 Å². The standard InChI is InChI=1S/C27H31N3O6/c1-15(2)21(20(32)13-17(14-31)16-9-6-5-7-10-16)29-23-22(25(34)26(23)35)28-19-12-8-11-18(24(19)33)27(36)30(3)4/h5-12,15,17,21,28-29,31,33H,13-14H2,1-4H3/t17-,21-/m1/s1. The number of carbonyl (C=O) groups is 2. The first-order valence-corrected chi connectivity index (χ1v) is 11.7. The van der Waals surface area contributed by atoms with Crippen LogP contribution in [0.2, 0.25) is 0 Å². The van der Waals surface area contributed by atoms with Crippen LogP contribution in [0.25, 0.3) is 0 Å². The summed E-state index contributed by atoms with van der Waals surface area (Å²) in [5.74, 6) is -1.63. The molecule has 0 heterocycles. The highest BCUT2D eigenvalue weighted by Gasteiger charge is 2.30. The number of phenolic OH excluding ortho intramolecular Hbond substituents is 1. The third-order valence-corrected chi connectivity index (χ3v) is 6.09. The quantitative estimate of drug-likeness (QED) is 0.236. The lowest BCUT2D eigenvalue weighted by atomic mass is 9.88. The number of nitrogens with one attached hydrogen (secondary N) is 2. The van der Waals surface area contributed by atoms with E-state index < -0.39 is 28.7 Å². The van der Waals surface area contributed by atoms with Gasteiger partial charge in [-0.3, -0.25) is 19.2 Å². The number of hydrogen-bond donors (Lipinski definition) is 4. The molecule has 4 N–H and O–H groups in total. The third-order valence-electron chi connectivity index (χ3n) is 6.09. The Morgan fingerprint density at radius 1 is 0.944 bits per heavy atom. The van der Waals surface area contributed by atoms with Crippen molar-refractivity contribution in [1.29, 1.82) is 0 Å². The van der Waals surface area contributed by atoms with Crippen molar-refractivity contribution in [3.05, 3.63) is 80.1 Å². The number of rotatable bonds is 11. The van der Waals surface area contributed by atoms with Gasteiger partial charge in [-0.1, -0.05) is 50.2 Å². The van der Waals surface area contributed by atoms with E-state index in [0.29, 0.717) is 0 Å². The summed E-state index contributed by atoms with van der Waals surface area (Å²) in [6.07, 6.45) is 0.0457. The number of para-hydroxylation sites is 1. The normalized spacial score (nSPS) is 12.8. The molecule has 0 aliphatic rings. The molecule has 0 radical (unpaired) electrons. The molecule has 0 aromatic heterocycles. The summed E-state index contributed by atoms with van der Waals surface area (Å²) in [4.78, 5) is 51.6. The zero-order valence-corrected chi connectivity index (χ0v) is 20.7. The van der Waals surface area contributed by atoms with Gasteiger partial charge in [0.15, 0.2) is 11.5 Å². The lowest BCUT2D eigenvalue weighted by molar-refractivity contribution is -0.121. The van der Waals surface area contributed by atoms with Crippen molar-refractivity contribution < 1.29 is 19.8 Å². The van der Waals surface area contributed by atoms with Crippen molar-refractivity contribution in [1.82, 2.24) is 4.90 Å². The third kappa shape index (κ3) is 5.46. The van der Waals surface area contributed by atoms with Gasteiger partial charge in [-0.2, -0.15) is 0 Å². The second-order valence-corrected chi connectivity index (χ2v) is 9.26. The highest BCUT2D eigenvalue weighted by atomic mass is 16.3. The van der Waals surface area contributed by atoms with Crippen molar-refractivity contribution in [3.8, 4) is 5.75 Å². The Kier molecular flexibility index (Phi) is 8.26. The molecule has 0 fully saturated rings. The Bertz CT molecular complexity index is 1310. The number of ketones is 1. The molecular formula is C27H31N3O6. The molecule has 0 aliphatic heterocycles. The van der Waals surface area contributed by atoms with Gasteiger partial charge in [0.25, 0.3) is 16.8 Å². The highest BCUT2D eigenvalue weighted by Crippen LogP contribution is 2.32. The zero-order valence-electron chi connectivity index (χ0n) is 20.7. The molecule has 0 saturated carbocycles. The van der Waals surface area contributed by atoms with Gasteiger partial charge in [0.1, 0.15) is 11.4 Å². The molecule has 0 saturated heterocycles. The summed E-state index contributed by atoms with van der Waals surface area (Å²) in [7, 11) is 3.09. The molecule has 1 amide bonds. The van der Waals surface area contributed by atoms with Gasteiger partial charge in [-0.05, 0) is 23.6 Å². The molecule has 0 aliphatic carbocycles. The SMILES string of the molecule is CC(C)[C@@H](Nc1c(Nc2cccc(C(=O)N(C)C)c2O)c(=O)c1=O)C(=O)C[C@H](CO)c1ccccc1.